The van der Waals surface area contributed by atoms with Crippen molar-refractivity contribution in [2.24, 2.45) is 0 Å². The van der Waals surface area contributed by atoms with Gasteiger partial charge in [0.1, 0.15) is 6.10 Å². The Kier molecular flexibility index (Phi) is 5.17. The lowest BCUT2D eigenvalue weighted by atomic mass is 10.1. The molecule has 0 aromatic carbocycles. The molecule has 1 atom stereocenters. The average Bonchev–Trinajstić information content (AvgIpc) is 2.42. The number of sulfonamides is 1. The minimum absolute atomic E-state index is 0.178. The summed E-state index contributed by atoms with van der Waals surface area (Å²) in [5, 5.41) is 0.438. The van der Waals surface area contributed by atoms with Gasteiger partial charge in [0.15, 0.2) is 0 Å². The summed E-state index contributed by atoms with van der Waals surface area (Å²) >= 11 is 5.70. The van der Waals surface area contributed by atoms with Crippen molar-refractivity contribution >= 4 is 21.6 Å². The predicted molar refractivity (Wildman–Crippen MR) is 76.3 cm³/mol. The Morgan fingerprint density at radius 3 is 2.80 bits per heavy atom. The summed E-state index contributed by atoms with van der Waals surface area (Å²) in [6, 6.07) is 0.231. The van der Waals surface area contributed by atoms with Crippen molar-refractivity contribution in [3.63, 3.8) is 0 Å². The Morgan fingerprint density at radius 1 is 1.45 bits per heavy atom. The summed E-state index contributed by atoms with van der Waals surface area (Å²) in [4.78, 5) is 7.93. The Labute approximate surface area is 124 Å². The molecule has 2 heterocycles. The van der Waals surface area contributed by atoms with E-state index in [0.717, 1.165) is 12.8 Å². The molecule has 1 saturated heterocycles. The summed E-state index contributed by atoms with van der Waals surface area (Å²) in [6.07, 6.45) is 4.89. The third-order valence-electron chi connectivity index (χ3n) is 3.07. The van der Waals surface area contributed by atoms with E-state index >= 15 is 0 Å². The highest BCUT2D eigenvalue weighted by Gasteiger charge is 2.29. The molecule has 6 nitrogen and oxygen atoms in total. The molecule has 0 N–H and O–H groups in total. The van der Waals surface area contributed by atoms with Gasteiger partial charge in [-0.1, -0.05) is 18.5 Å². The van der Waals surface area contributed by atoms with Crippen molar-refractivity contribution < 1.29 is 13.2 Å². The van der Waals surface area contributed by atoms with E-state index in [2.05, 4.69) is 9.97 Å². The zero-order valence-electron chi connectivity index (χ0n) is 11.3. The van der Waals surface area contributed by atoms with E-state index in [-0.39, 0.29) is 17.9 Å². The summed E-state index contributed by atoms with van der Waals surface area (Å²) in [5.74, 6) is 0.178. The summed E-state index contributed by atoms with van der Waals surface area (Å²) in [5.41, 5.74) is 0. The molecule has 20 heavy (non-hydrogen) atoms. The Hall–Kier alpha value is -0.920. The van der Waals surface area contributed by atoms with Gasteiger partial charge in [-0.05, 0) is 19.3 Å². The fourth-order valence-electron chi connectivity index (χ4n) is 2.15. The van der Waals surface area contributed by atoms with Crippen LogP contribution in [0.4, 0.5) is 0 Å². The Morgan fingerprint density at radius 2 is 2.15 bits per heavy atom. The Balaban J connectivity index is 1.98. The van der Waals surface area contributed by atoms with E-state index in [1.165, 1.54) is 16.7 Å². The number of ether oxygens (including phenoxy) is 1. The third kappa shape index (κ3) is 4.04. The quantitative estimate of drug-likeness (QED) is 0.826. The Bertz CT molecular complexity index is 535. The average molecular weight is 320 g/mol. The monoisotopic (exact) mass is 319 g/mol. The van der Waals surface area contributed by atoms with Crippen molar-refractivity contribution in [2.75, 3.05) is 18.8 Å². The molecular weight excluding hydrogens is 302 g/mol. The first-order valence-electron chi connectivity index (χ1n) is 6.63. The number of rotatable bonds is 5. The first kappa shape index (κ1) is 15.5. The van der Waals surface area contributed by atoms with Crippen molar-refractivity contribution in [3.8, 4) is 6.01 Å². The van der Waals surface area contributed by atoms with Crippen LogP contribution in [0.15, 0.2) is 12.4 Å². The topological polar surface area (TPSA) is 72.4 Å². The summed E-state index contributed by atoms with van der Waals surface area (Å²) < 4.78 is 31.2. The predicted octanol–water partition coefficient (Wildman–Crippen LogP) is 1.71. The van der Waals surface area contributed by atoms with Crippen LogP contribution in [0, 0.1) is 0 Å². The van der Waals surface area contributed by atoms with E-state index in [9.17, 15) is 8.42 Å². The van der Waals surface area contributed by atoms with Gasteiger partial charge in [-0.25, -0.2) is 18.4 Å². The smallest absolute Gasteiger partial charge is 0.316 e. The van der Waals surface area contributed by atoms with E-state index in [4.69, 9.17) is 16.3 Å². The second-order valence-corrected chi connectivity index (χ2v) is 7.26. The highest BCUT2D eigenvalue weighted by Crippen LogP contribution is 2.19. The third-order valence-corrected chi connectivity index (χ3v) is 5.30. The molecule has 1 unspecified atom stereocenters. The van der Waals surface area contributed by atoms with E-state index in [1.807, 2.05) is 6.92 Å². The summed E-state index contributed by atoms with van der Waals surface area (Å²) in [7, 11) is -3.17. The van der Waals surface area contributed by atoms with E-state index in [1.54, 1.807) is 0 Å². The zero-order valence-corrected chi connectivity index (χ0v) is 12.9. The molecular formula is C12H18ClN3O3S. The second-order valence-electron chi connectivity index (χ2n) is 4.74. The molecule has 1 aliphatic rings. The highest BCUT2D eigenvalue weighted by atomic mass is 35.5. The van der Waals surface area contributed by atoms with Crippen molar-refractivity contribution in [3.05, 3.63) is 17.4 Å². The van der Waals surface area contributed by atoms with Crippen LogP contribution in [0.5, 0.6) is 6.01 Å². The lowest BCUT2D eigenvalue weighted by Gasteiger charge is -2.31. The van der Waals surface area contributed by atoms with Gasteiger partial charge in [0.05, 0.1) is 29.7 Å². The van der Waals surface area contributed by atoms with E-state index in [0.29, 0.717) is 24.5 Å². The molecule has 1 aliphatic heterocycles. The first-order chi connectivity index (χ1) is 9.51. The van der Waals surface area contributed by atoms with Crippen molar-refractivity contribution in [1.29, 1.82) is 0 Å². The second kappa shape index (κ2) is 6.69. The van der Waals surface area contributed by atoms with Crippen LogP contribution in [0.25, 0.3) is 0 Å². The molecule has 1 aromatic heterocycles. The molecule has 0 bridgehead atoms. The fourth-order valence-corrected chi connectivity index (χ4v) is 3.82. The van der Waals surface area contributed by atoms with Crippen LogP contribution >= 0.6 is 11.6 Å². The van der Waals surface area contributed by atoms with Crippen molar-refractivity contribution in [1.82, 2.24) is 14.3 Å². The van der Waals surface area contributed by atoms with Crippen molar-refractivity contribution in [2.45, 2.75) is 32.3 Å². The summed E-state index contributed by atoms with van der Waals surface area (Å²) in [6.45, 7) is 2.77. The standard InChI is InChI=1S/C12H18ClN3O3S/c1-2-6-20(17,18)16-5-3-4-11(9-16)19-12-14-7-10(13)8-15-12/h7-8,11H,2-6,9H2,1H3. The lowest BCUT2D eigenvalue weighted by molar-refractivity contribution is 0.119. The van der Waals surface area contributed by atoms with Crippen LogP contribution in [0.2, 0.25) is 5.02 Å². The molecule has 1 aromatic rings. The van der Waals surface area contributed by atoms with Crippen LogP contribution in [0.1, 0.15) is 26.2 Å². The molecule has 0 spiro atoms. The van der Waals surface area contributed by atoms with Gasteiger partial charge in [-0.15, -0.1) is 0 Å². The van der Waals surface area contributed by atoms with Gasteiger partial charge < -0.3 is 4.74 Å². The maximum Gasteiger partial charge on any atom is 0.316 e. The maximum absolute atomic E-state index is 12.0. The molecule has 0 amide bonds. The first-order valence-corrected chi connectivity index (χ1v) is 8.62. The number of hydrogen-bond acceptors (Lipinski definition) is 5. The number of hydrogen-bond donors (Lipinski definition) is 0. The lowest BCUT2D eigenvalue weighted by Crippen LogP contribution is -2.45. The molecule has 2 rings (SSSR count). The minimum Gasteiger partial charge on any atom is -0.459 e. The number of nitrogens with zero attached hydrogens (tertiary/aromatic N) is 3. The largest absolute Gasteiger partial charge is 0.459 e. The maximum atomic E-state index is 12.0. The van der Waals surface area contributed by atoms with E-state index < -0.39 is 10.0 Å². The number of piperidine rings is 1. The van der Waals surface area contributed by atoms with Gasteiger partial charge in [0, 0.05) is 6.54 Å². The van der Waals surface area contributed by atoms with Crippen LogP contribution in [0.3, 0.4) is 0 Å². The van der Waals surface area contributed by atoms with Crippen LogP contribution in [-0.2, 0) is 10.0 Å². The minimum atomic E-state index is -3.17. The van der Waals surface area contributed by atoms with Gasteiger partial charge >= 0.3 is 6.01 Å². The van der Waals surface area contributed by atoms with Gasteiger partial charge in [0.2, 0.25) is 10.0 Å². The van der Waals surface area contributed by atoms with Gasteiger partial charge in [-0.3, -0.25) is 0 Å². The van der Waals surface area contributed by atoms with Gasteiger partial charge in [0.25, 0.3) is 0 Å². The fraction of sp³-hybridized carbons (Fsp3) is 0.667. The molecule has 112 valence electrons. The van der Waals surface area contributed by atoms with Crippen LogP contribution < -0.4 is 4.74 Å². The highest BCUT2D eigenvalue weighted by molar-refractivity contribution is 7.89. The molecule has 0 radical (unpaired) electrons. The SMILES string of the molecule is CCCS(=O)(=O)N1CCCC(Oc2ncc(Cl)cn2)C1. The molecule has 1 fully saturated rings. The van der Waals surface area contributed by atoms with Gasteiger partial charge in [-0.2, -0.15) is 4.31 Å². The molecule has 0 aliphatic carbocycles. The van der Waals surface area contributed by atoms with Crippen LogP contribution in [-0.4, -0.2) is 47.6 Å². The molecule has 0 saturated carbocycles. The molecule has 8 heteroatoms. The number of halogens is 1. The normalized spacial score (nSPS) is 20.8. The zero-order chi connectivity index (χ0) is 14.6. The number of aromatic nitrogens is 2.